The van der Waals surface area contributed by atoms with E-state index in [9.17, 15) is 29.8 Å². The Morgan fingerprint density at radius 1 is 0.882 bits per heavy atom. The van der Waals surface area contributed by atoms with Crippen molar-refractivity contribution in [2.75, 3.05) is 6.54 Å². The van der Waals surface area contributed by atoms with Crippen molar-refractivity contribution >= 4 is 23.2 Å². The summed E-state index contributed by atoms with van der Waals surface area (Å²) >= 11 is 0. The largest absolute Gasteiger partial charge is 0.351 e. The van der Waals surface area contributed by atoms with E-state index in [1.807, 2.05) is 6.92 Å². The highest BCUT2D eigenvalue weighted by Gasteiger charge is 2.42. The van der Waals surface area contributed by atoms with Crippen molar-refractivity contribution in [3.05, 3.63) is 79.9 Å². The van der Waals surface area contributed by atoms with E-state index in [1.54, 1.807) is 12.1 Å². The Morgan fingerprint density at radius 3 is 1.91 bits per heavy atom. The number of hydrogen-bond donors (Lipinski definition) is 2. The van der Waals surface area contributed by atoms with E-state index in [4.69, 9.17) is 0 Å². The van der Waals surface area contributed by atoms with Gasteiger partial charge in [0, 0.05) is 24.7 Å². The second kappa shape index (κ2) is 9.58. The van der Waals surface area contributed by atoms with Crippen LogP contribution in [-0.4, -0.2) is 34.2 Å². The summed E-state index contributed by atoms with van der Waals surface area (Å²) in [4.78, 5) is 47.0. The molecule has 1 aliphatic carbocycles. The maximum Gasteiger partial charge on any atom is 0.282 e. The number of nitrogens with zero attached hydrogens (tertiary/aromatic N) is 2. The van der Waals surface area contributed by atoms with E-state index in [0.29, 0.717) is 12.8 Å². The lowest BCUT2D eigenvalue weighted by molar-refractivity contribution is -0.385. The molecule has 2 N–H and O–H groups in total. The quantitative estimate of drug-likeness (QED) is 0.459. The summed E-state index contributed by atoms with van der Waals surface area (Å²) in [5, 5.41) is 28.3. The molecule has 1 aliphatic rings. The number of para-hydroxylation sites is 2. The maximum absolute atomic E-state index is 12.9. The number of amides is 2. The monoisotopic (exact) mass is 468 g/mol. The third-order valence-corrected chi connectivity index (χ3v) is 6.15. The van der Waals surface area contributed by atoms with Gasteiger partial charge in [-0.1, -0.05) is 45.0 Å². The van der Waals surface area contributed by atoms with E-state index in [2.05, 4.69) is 24.5 Å². The molecule has 34 heavy (non-hydrogen) atoms. The molecule has 2 aromatic carbocycles. The summed E-state index contributed by atoms with van der Waals surface area (Å²) in [6.45, 7) is 6.40. The number of benzene rings is 2. The average Bonchev–Trinajstić information content (AvgIpc) is 2.76. The fourth-order valence-electron chi connectivity index (χ4n) is 5.17. The number of carbonyl (C=O) groups excluding carboxylic acids is 2. The first-order valence-corrected chi connectivity index (χ1v) is 11.0. The Bertz CT molecular complexity index is 1130. The van der Waals surface area contributed by atoms with Crippen molar-refractivity contribution in [1.82, 2.24) is 10.6 Å². The van der Waals surface area contributed by atoms with Gasteiger partial charge in [0.25, 0.3) is 23.2 Å². The van der Waals surface area contributed by atoms with Gasteiger partial charge in [-0.3, -0.25) is 29.8 Å². The first kappa shape index (κ1) is 24.8. The molecule has 0 aliphatic heterocycles. The van der Waals surface area contributed by atoms with Crippen molar-refractivity contribution in [3.8, 4) is 0 Å². The fourth-order valence-corrected chi connectivity index (χ4v) is 5.17. The summed E-state index contributed by atoms with van der Waals surface area (Å²) in [6, 6.07) is 11.3. The van der Waals surface area contributed by atoms with Gasteiger partial charge in [0.15, 0.2) is 0 Å². The molecular weight excluding hydrogens is 440 g/mol. The lowest BCUT2D eigenvalue weighted by Crippen LogP contribution is -2.50. The van der Waals surface area contributed by atoms with E-state index in [-0.39, 0.29) is 40.5 Å². The molecule has 1 saturated carbocycles. The molecule has 0 radical (unpaired) electrons. The second-order valence-electron chi connectivity index (χ2n) is 9.96. The minimum absolute atomic E-state index is 0.00210. The van der Waals surface area contributed by atoms with Gasteiger partial charge in [-0.05, 0) is 42.2 Å². The van der Waals surface area contributed by atoms with Crippen LogP contribution in [0.25, 0.3) is 0 Å². The fraction of sp³-hybridized carbons (Fsp3) is 0.417. The number of nitro groups is 2. The van der Waals surface area contributed by atoms with E-state index >= 15 is 0 Å². The smallest absolute Gasteiger partial charge is 0.282 e. The van der Waals surface area contributed by atoms with Crippen LogP contribution in [0.2, 0.25) is 0 Å². The van der Waals surface area contributed by atoms with Gasteiger partial charge in [-0.25, -0.2) is 0 Å². The third-order valence-electron chi connectivity index (χ3n) is 6.15. The predicted octanol–water partition coefficient (Wildman–Crippen LogP) is 4.25. The number of nitrogens with one attached hydrogen (secondary N) is 2. The van der Waals surface area contributed by atoms with Crippen molar-refractivity contribution in [2.24, 2.45) is 10.8 Å². The summed E-state index contributed by atoms with van der Waals surface area (Å²) in [6.07, 6.45) is 1.97. The summed E-state index contributed by atoms with van der Waals surface area (Å²) in [7, 11) is 0. The molecule has 0 bridgehead atoms. The number of nitro benzene ring substituents is 2. The van der Waals surface area contributed by atoms with Crippen LogP contribution in [0.15, 0.2) is 48.5 Å². The molecule has 180 valence electrons. The lowest BCUT2D eigenvalue weighted by Gasteiger charge is -2.47. The molecule has 0 heterocycles. The topological polar surface area (TPSA) is 144 Å². The van der Waals surface area contributed by atoms with Crippen LogP contribution in [0, 0.1) is 31.1 Å². The van der Waals surface area contributed by atoms with Crippen LogP contribution in [-0.2, 0) is 0 Å². The van der Waals surface area contributed by atoms with E-state index < -0.39 is 27.1 Å². The summed E-state index contributed by atoms with van der Waals surface area (Å²) < 4.78 is 0. The zero-order chi connectivity index (χ0) is 25.1. The van der Waals surface area contributed by atoms with Gasteiger partial charge >= 0.3 is 0 Å². The van der Waals surface area contributed by atoms with Gasteiger partial charge in [-0.15, -0.1) is 0 Å². The number of carbonyl (C=O) groups is 2. The van der Waals surface area contributed by atoms with Crippen LogP contribution < -0.4 is 10.6 Å². The van der Waals surface area contributed by atoms with E-state index in [1.165, 1.54) is 36.4 Å². The number of rotatable bonds is 7. The highest BCUT2D eigenvalue weighted by Crippen LogP contribution is 2.46. The minimum Gasteiger partial charge on any atom is -0.351 e. The van der Waals surface area contributed by atoms with Crippen LogP contribution in [0.3, 0.4) is 0 Å². The average molecular weight is 469 g/mol. The number of hydrogen-bond acceptors (Lipinski definition) is 6. The molecule has 10 heteroatoms. The Kier molecular flexibility index (Phi) is 6.99. The van der Waals surface area contributed by atoms with Gasteiger partial charge in [0.2, 0.25) is 0 Å². The minimum atomic E-state index is -0.589. The molecule has 0 spiro atoms. The van der Waals surface area contributed by atoms with Crippen LogP contribution in [0.1, 0.15) is 60.7 Å². The van der Waals surface area contributed by atoms with E-state index in [0.717, 1.165) is 6.42 Å². The Hall–Kier alpha value is -3.82. The molecule has 1 fully saturated rings. The molecule has 2 amide bonds. The van der Waals surface area contributed by atoms with Crippen LogP contribution >= 0.6 is 0 Å². The van der Waals surface area contributed by atoms with Crippen LogP contribution in [0.5, 0.6) is 0 Å². The molecule has 2 unspecified atom stereocenters. The molecule has 3 rings (SSSR count). The SMILES string of the molecule is CC1(C)CC(NC(=O)c2ccccc2[N+](=O)[O-])CC(C)(CNC(=O)c2ccccc2[N+](=O)[O-])C1. The van der Waals surface area contributed by atoms with Gasteiger partial charge in [-0.2, -0.15) is 0 Å². The normalized spacial score (nSPS) is 21.3. The standard InChI is InChI=1S/C24H28N4O6/c1-23(2)12-16(26-22(30)18-9-5-7-11-20(18)28(33)34)13-24(3,14-23)15-25-21(29)17-8-4-6-10-19(17)27(31)32/h4-11,16H,12-15H2,1-3H3,(H,25,29)(H,26,30). The Morgan fingerprint density at radius 2 is 1.38 bits per heavy atom. The second-order valence-corrected chi connectivity index (χ2v) is 9.96. The highest BCUT2D eigenvalue weighted by molar-refractivity contribution is 5.98. The highest BCUT2D eigenvalue weighted by atomic mass is 16.6. The molecule has 0 saturated heterocycles. The Labute approximate surface area is 197 Å². The Balaban J connectivity index is 1.73. The van der Waals surface area contributed by atoms with Crippen molar-refractivity contribution in [2.45, 2.75) is 46.1 Å². The van der Waals surface area contributed by atoms with Gasteiger partial charge in [0.1, 0.15) is 11.1 Å². The maximum atomic E-state index is 12.9. The lowest BCUT2D eigenvalue weighted by atomic mass is 9.62. The van der Waals surface area contributed by atoms with Crippen molar-refractivity contribution in [1.29, 1.82) is 0 Å². The molecular formula is C24H28N4O6. The zero-order valence-electron chi connectivity index (χ0n) is 19.4. The predicted molar refractivity (Wildman–Crippen MR) is 126 cm³/mol. The van der Waals surface area contributed by atoms with Gasteiger partial charge < -0.3 is 10.6 Å². The van der Waals surface area contributed by atoms with Crippen LogP contribution in [0.4, 0.5) is 11.4 Å². The molecule has 2 atom stereocenters. The van der Waals surface area contributed by atoms with Crippen molar-refractivity contribution < 1.29 is 19.4 Å². The molecule has 2 aromatic rings. The molecule has 10 nitrogen and oxygen atoms in total. The zero-order valence-corrected chi connectivity index (χ0v) is 19.4. The van der Waals surface area contributed by atoms with Gasteiger partial charge in [0.05, 0.1) is 9.85 Å². The first-order valence-electron chi connectivity index (χ1n) is 11.0. The third kappa shape index (κ3) is 5.75. The summed E-state index contributed by atoms with van der Waals surface area (Å²) in [5.74, 6) is -1.04. The summed E-state index contributed by atoms with van der Waals surface area (Å²) in [5.41, 5.74) is -1.09. The first-order chi connectivity index (χ1) is 15.9. The molecule has 0 aromatic heterocycles. The van der Waals surface area contributed by atoms with Crippen molar-refractivity contribution in [3.63, 3.8) is 0 Å².